The van der Waals surface area contributed by atoms with Crippen molar-refractivity contribution < 1.29 is 22.6 Å². The molecule has 0 radical (unpaired) electrons. The van der Waals surface area contributed by atoms with Crippen molar-refractivity contribution in [1.82, 2.24) is 0 Å². The van der Waals surface area contributed by atoms with Crippen molar-refractivity contribution >= 4 is 5.57 Å². The van der Waals surface area contributed by atoms with Gasteiger partial charge < -0.3 is 9.47 Å². The number of benzene rings is 2. The molecule has 114 valence electrons. The SMILES string of the molecule is CC1=C(c2ccc(OC(F)(F)F)cc2)Cc2ccccc2O1. The zero-order valence-electron chi connectivity index (χ0n) is 11.8. The molecule has 22 heavy (non-hydrogen) atoms. The summed E-state index contributed by atoms with van der Waals surface area (Å²) >= 11 is 0. The van der Waals surface area contributed by atoms with Crippen molar-refractivity contribution in [2.75, 3.05) is 0 Å². The van der Waals surface area contributed by atoms with Gasteiger partial charge in [0, 0.05) is 12.0 Å². The third kappa shape index (κ3) is 3.08. The Bertz CT molecular complexity index is 715. The minimum absolute atomic E-state index is 0.230. The first-order valence-corrected chi connectivity index (χ1v) is 6.74. The van der Waals surface area contributed by atoms with Crippen LogP contribution in [0.3, 0.4) is 0 Å². The third-order valence-electron chi connectivity index (χ3n) is 3.46. The van der Waals surface area contributed by atoms with Gasteiger partial charge in [-0.2, -0.15) is 0 Å². The standard InChI is InChI=1S/C17H13F3O2/c1-11-15(10-13-4-2-3-5-16(13)21-11)12-6-8-14(9-7-12)22-17(18,19)20/h2-9H,10H2,1H3. The number of halogens is 3. The second-order valence-corrected chi connectivity index (χ2v) is 4.99. The zero-order valence-corrected chi connectivity index (χ0v) is 11.8. The van der Waals surface area contributed by atoms with Crippen molar-refractivity contribution in [3.63, 3.8) is 0 Å². The van der Waals surface area contributed by atoms with E-state index in [1.807, 2.05) is 31.2 Å². The predicted molar refractivity (Wildman–Crippen MR) is 76.5 cm³/mol. The molecule has 0 N–H and O–H groups in total. The molecule has 0 saturated carbocycles. The molecular formula is C17H13F3O2. The molecule has 0 fully saturated rings. The highest BCUT2D eigenvalue weighted by Crippen LogP contribution is 2.35. The number of allylic oxidation sites excluding steroid dienone is 2. The van der Waals surface area contributed by atoms with Gasteiger partial charge in [-0.05, 0) is 36.2 Å². The lowest BCUT2D eigenvalue weighted by molar-refractivity contribution is -0.274. The molecule has 5 heteroatoms. The van der Waals surface area contributed by atoms with Crippen molar-refractivity contribution in [3.8, 4) is 11.5 Å². The Hall–Kier alpha value is -2.43. The number of alkyl halides is 3. The summed E-state index contributed by atoms with van der Waals surface area (Å²) in [5.74, 6) is 1.34. The summed E-state index contributed by atoms with van der Waals surface area (Å²) in [4.78, 5) is 0. The molecule has 1 heterocycles. The van der Waals surface area contributed by atoms with Crippen LogP contribution in [0, 0.1) is 0 Å². The minimum atomic E-state index is -4.68. The van der Waals surface area contributed by atoms with E-state index in [2.05, 4.69) is 4.74 Å². The van der Waals surface area contributed by atoms with Crippen molar-refractivity contribution in [2.45, 2.75) is 19.7 Å². The Morgan fingerprint density at radius 1 is 1.00 bits per heavy atom. The van der Waals surface area contributed by atoms with Gasteiger partial charge in [0.1, 0.15) is 17.3 Å². The molecule has 2 aromatic carbocycles. The number of rotatable bonds is 2. The van der Waals surface area contributed by atoms with Crippen LogP contribution in [0.25, 0.3) is 5.57 Å². The fourth-order valence-corrected chi connectivity index (χ4v) is 2.45. The van der Waals surface area contributed by atoms with Crippen LogP contribution in [-0.2, 0) is 6.42 Å². The summed E-state index contributed by atoms with van der Waals surface area (Å²) < 4.78 is 46.2. The van der Waals surface area contributed by atoms with E-state index in [1.54, 1.807) is 12.1 Å². The molecule has 0 unspecified atom stereocenters. The Morgan fingerprint density at radius 3 is 2.36 bits per heavy atom. The van der Waals surface area contributed by atoms with Crippen LogP contribution in [-0.4, -0.2) is 6.36 Å². The maximum atomic E-state index is 12.2. The molecule has 0 amide bonds. The second kappa shape index (κ2) is 5.40. The molecule has 0 atom stereocenters. The normalized spacial score (nSPS) is 14.4. The molecule has 3 rings (SSSR count). The van der Waals surface area contributed by atoms with Crippen LogP contribution in [0.15, 0.2) is 54.3 Å². The van der Waals surface area contributed by atoms with Gasteiger partial charge in [-0.3, -0.25) is 0 Å². The molecular weight excluding hydrogens is 293 g/mol. The molecule has 2 nitrogen and oxygen atoms in total. The van der Waals surface area contributed by atoms with Crippen LogP contribution in [0.2, 0.25) is 0 Å². The quantitative estimate of drug-likeness (QED) is 0.781. The van der Waals surface area contributed by atoms with E-state index in [4.69, 9.17) is 4.74 Å². The van der Waals surface area contributed by atoms with E-state index in [1.165, 1.54) is 12.1 Å². The second-order valence-electron chi connectivity index (χ2n) is 4.99. The minimum Gasteiger partial charge on any atom is -0.461 e. The summed E-state index contributed by atoms with van der Waals surface area (Å²) in [5, 5.41) is 0. The average molecular weight is 306 g/mol. The molecule has 1 aliphatic heterocycles. The highest BCUT2D eigenvalue weighted by molar-refractivity contribution is 5.72. The first-order valence-electron chi connectivity index (χ1n) is 6.74. The van der Waals surface area contributed by atoms with Gasteiger partial charge in [0.15, 0.2) is 0 Å². The van der Waals surface area contributed by atoms with Gasteiger partial charge in [0.25, 0.3) is 0 Å². The van der Waals surface area contributed by atoms with Gasteiger partial charge in [-0.25, -0.2) is 0 Å². The van der Waals surface area contributed by atoms with Crippen molar-refractivity contribution in [1.29, 1.82) is 0 Å². The Morgan fingerprint density at radius 2 is 1.68 bits per heavy atom. The lowest BCUT2D eigenvalue weighted by atomic mass is 9.95. The van der Waals surface area contributed by atoms with E-state index in [0.29, 0.717) is 6.42 Å². The van der Waals surface area contributed by atoms with Gasteiger partial charge >= 0.3 is 6.36 Å². The fraction of sp³-hybridized carbons (Fsp3) is 0.176. The number of hydrogen-bond donors (Lipinski definition) is 0. The van der Waals surface area contributed by atoms with E-state index in [0.717, 1.165) is 28.2 Å². The summed E-state index contributed by atoms with van der Waals surface area (Å²) in [5.41, 5.74) is 2.83. The first-order chi connectivity index (χ1) is 10.4. The molecule has 0 aliphatic carbocycles. The molecule has 2 aromatic rings. The van der Waals surface area contributed by atoms with E-state index < -0.39 is 6.36 Å². The number of ether oxygens (including phenoxy) is 2. The maximum absolute atomic E-state index is 12.2. The van der Waals surface area contributed by atoms with Crippen LogP contribution in [0.1, 0.15) is 18.1 Å². The van der Waals surface area contributed by atoms with Gasteiger partial charge in [-0.1, -0.05) is 30.3 Å². The molecule has 0 aromatic heterocycles. The average Bonchev–Trinajstić information content (AvgIpc) is 2.46. The van der Waals surface area contributed by atoms with Crippen LogP contribution < -0.4 is 9.47 Å². The lowest BCUT2D eigenvalue weighted by Gasteiger charge is -2.22. The summed E-state index contributed by atoms with van der Waals surface area (Å²) in [7, 11) is 0. The van der Waals surface area contributed by atoms with E-state index in [-0.39, 0.29) is 5.75 Å². The van der Waals surface area contributed by atoms with Crippen LogP contribution >= 0.6 is 0 Å². The van der Waals surface area contributed by atoms with E-state index >= 15 is 0 Å². The lowest BCUT2D eigenvalue weighted by Crippen LogP contribution is -2.17. The molecule has 0 saturated heterocycles. The predicted octanol–water partition coefficient (Wildman–Crippen LogP) is 4.95. The molecule has 1 aliphatic rings. The molecule has 0 spiro atoms. The number of fused-ring (bicyclic) bond motifs is 1. The third-order valence-corrected chi connectivity index (χ3v) is 3.46. The maximum Gasteiger partial charge on any atom is 0.573 e. The Kier molecular flexibility index (Phi) is 3.56. The largest absolute Gasteiger partial charge is 0.573 e. The van der Waals surface area contributed by atoms with Crippen molar-refractivity contribution in [2.24, 2.45) is 0 Å². The van der Waals surface area contributed by atoms with Crippen molar-refractivity contribution in [3.05, 3.63) is 65.4 Å². The van der Waals surface area contributed by atoms with Gasteiger partial charge in [0.05, 0.1) is 0 Å². The highest BCUT2D eigenvalue weighted by atomic mass is 19.4. The van der Waals surface area contributed by atoms with E-state index in [9.17, 15) is 13.2 Å². The Labute approximate surface area is 125 Å². The topological polar surface area (TPSA) is 18.5 Å². The highest BCUT2D eigenvalue weighted by Gasteiger charge is 2.31. The van der Waals surface area contributed by atoms with Gasteiger partial charge in [0.2, 0.25) is 0 Å². The number of hydrogen-bond acceptors (Lipinski definition) is 2. The first kappa shape index (κ1) is 14.5. The van der Waals surface area contributed by atoms with Crippen LogP contribution in [0.5, 0.6) is 11.5 Å². The number of para-hydroxylation sites is 1. The summed E-state index contributed by atoms with van der Waals surface area (Å²) in [6.07, 6.45) is -3.99. The monoisotopic (exact) mass is 306 g/mol. The van der Waals surface area contributed by atoms with Gasteiger partial charge in [-0.15, -0.1) is 13.2 Å². The summed E-state index contributed by atoms with van der Waals surface area (Å²) in [6, 6.07) is 13.5. The smallest absolute Gasteiger partial charge is 0.461 e. The zero-order chi connectivity index (χ0) is 15.7. The fourth-order valence-electron chi connectivity index (χ4n) is 2.45. The Balaban J connectivity index is 1.85. The van der Waals surface area contributed by atoms with Crippen LogP contribution in [0.4, 0.5) is 13.2 Å². The summed E-state index contributed by atoms with van der Waals surface area (Å²) in [6.45, 7) is 1.85. The molecule has 0 bridgehead atoms.